The summed E-state index contributed by atoms with van der Waals surface area (Å²) in [5.41, 5.74) is 1.14. The fourth-order valence-corrected chi connectivity index (χ4v) is 0.859. The van der Waals surface area contributed by atoms with E-state index in [0.29, 0.717) is 5.92 Å². The van der Waals surface area contributed by atoms with Crippen LogP contribution in [-0.4, -0.2) is 16.7 Å². The van der Waals surface area contributed by atoms with Crippen LogP contribution in [0.4, 0.5) is 5.82 Å². The molecule has 0 aliphatic rings. The van der Waals surface area contributed by atoms with E-state index >= 15 is 0 Å². The van der Waals surface area contributed by atoms with Crippen molar-refractivity contribution in [2.75, 3.05) is 11.9 Å². The average Bonchev–Trinajstić information content (AvgIpc) is 2.01. The minimum absolute atomic E-state index is 0.632. The van der Waals surface area contributed by atoms with Crippen LogP contribution in [-0.2, 0) is 0 Å². The Bertz CT molecular complexity index is 245. The number of anilines is 1. The van der Waals surface area contributed by atoms with Crippen LogP contribution in [0.15, 0.2) is 12.3 Å². The number of nitrogens with one attached hydrogen (secondary N) is 1. The largest absolute Gasteiger partial charge is 0.368 e. The Morgan fingerprint density at radius 2 is 2.25 bits per heavy atom. The van der Waals surface area contributed by atoms with E-state index in [1.807, 2.05) is 13.0 Å². The maximum Gasteiger partial charge on any atom is 0.148 e. The predicted octanol–water partition coefficient (Wildman–Crippen LogP) is 1.85. The zero-order valence-electron chi connectivity index (χ0n) is 7.83. The number of hydrogen-bond acceptors (Lipinski definition) is 3. The summed E-state index contributed by atoms with van der Waals surface area (Å²) in [4.78, 5) is 0. The van der Waals surface area contributed by atoms with Crippen molar-refractivity contribution in [3.63, 3.8) is 0 Å². The number of aryl methyl sites for hydroxylation is 1. The maximum absolute atomic E-state index is 3.95. The lowest BCUT2D eigenvalue weighted by Gasteiger charge is -2.06. The molecule has 1 aromatic rings. The van der Waals surface area contributed by atoms with Crippen molar-refractivity contribution in [3.8, 4) is 0 Å². The third-order valence-electron chi connectivity index (χ3n) is 1.48. The molecule has 0 atom stereocenters. The monoisotopic (exact) mass is 165 g/mol. The van der Waals surface area contributed by atoms with E-state index in [1.165, 1.54) is 0 Å². The molecule has 0 radical (unpaired) electrons. The topological polar surface area (TPSA) is 37.8 Å². The zero-order chi connectivity index (χ0) is 8.97. The molecule has 66 valence electrons. The van der Waals surface area contributed by atoms with Crippen LogP contribution in [0.2, 0.25) is 0 Å². The van der Waals surface area contributed by atoms with Crippen molar-refractivity contribution in [3.05, 3.63) is 17.8 Å². The van der Waals surface area contributed by atoms with Gasteiger partial charge < -0.3 is 5.32 Å². The first-order valence-corrected chi connectivity index (χ1v) is 4.21. The second-order valence-corrected chi connectivity index (χ2v) is 3.39. The summed E-state index contributed by atoms with van der Waals surface area (Å²) in [6, 6.07) is 2.00. The lowest BCUT2D eigenvalue weighted by atomic mass is 10.2. The number of rotatable bonds is 3. The summed E-state index contributed by atoms with van der Waals surface area (Å²) in [6.07, 6.45) is 1.75. The second kappa shape index (κ2) is 4.04. The van der Waals surface area contributed by atoms with Gasteiger partial charge in [0.05, 0.1) is 6.20 Å². The third-order valence-corrected chi connectivity index (χ3v) is 1.48. The molecule has 0 bridgehead atoms. The van der Waals surface area contributed by atoms with Gasteiger partial charge in [-0.1, -0.05) is 13.8 Å². The Morgan fingerprint density at radius 3 is 2.83 bits per heavy atom. The Morgan fingerprint density at radius 1 is 1.50 bits per heavy atom. The van der Waals surface area contributed by atoms with Gasteiger partial charge in [0.2, 0.25) is 0 Å². The first kappa shape index (κ1) is 8.97. The molecule has 0 aliphatic heterocycles. The van der Waals surface area contributed by atoms with E-state index in [4.69, 9.17) is 0 Å². The van der Waals surface area contributed by atoms with Crippen molar-refractivity contribution < 1.29 is 0 Å². The molecule has 0 aromatic carbocycles. The summed E-state index contributed by atoms with van der Waals surface area (Å²) in [5, 5.41) is 11.0. The lowest BCUT2D eigenvalue weighted by molar-refractivity contribution is 0.685. The fourth-order valence-electron chi connectivity index (χ4n) is 0.859. The van der Waals surface area contributed by atoms with Gasteiger partial charge in [-0.3, -0.25) is 0 Å². The Kier molecular flexibility index (Phi) is 3.02. The van der Waals surface area contributed by atoms with Gasteiger partial charge in [0, 0.05) is 6.54 Å². The summed E-state index contributed by atoms with van der Waals surface area (Å²) in [6.45, 7) is 7.28. The van der Waals surface area contributed by atoms with Crippen LogP contribution in [0.1, 0.15) is 19.4 Å². The molecule has 12 heavy (non-hydrogen) atoms. The van der Waals surface area contributed by atoms with Gasteiger partial charge in [0.15, 0.2) is 0 Å². The third kappa shape index (κ3) is 2.86. The molecule has 0 fully saturated rings. The summed E-state index contributed by atoms with van der Waals surface area (Å²) in [5.74, 6) is 1.50. The molecule has 3 heteroatoms. The van der Waals surface area contributed by atoms with Crippen LogP contribution in [0.25, 0.3) is 0 Å². The van der Waals surface area contributed by atoms with Gasteiger partial charge in [-0.05, 0) is 24.5 Å². The molecule has 1 N–H and O–H groups in total. The molecular formula is C9H15N3. The molecule has 0 unspecified atom stereocenters. The molecule has 0 saturated heterocycles. The van der Waals surface area contributed by atoms with Crippen molar-refractivity contribution in [1.29, 1.82) is 0 Å². The second-order valence-electron chi connectivity index (χ2n) is 3.39. The van der Waals surface area contributed by atoms with E-state index in [-0.39, 0.29) is 0 Å². The van der Waals surface area contributed by atoms with Gasteiger partial charge in [0.1, 0.15) is 5.82 Å². The molecular weight excluding hydrogens is 150 g/mol. The van der Waals surface area contributed by atoms with Crippen molar-refractivity contribution in [2.45, 2.75) is 20.8 Å². The minimum Gasteiger partial charge on any atom is -0.368 e. The van der Waals surface area contributed by atoms with Crippen LogP contribution in [0.5, 0.6) is 0 Å². The van der Waals surface area contributed by atoms with Gasteiger partial charge in [-0.25, -0.2) is 0 Å². The van der Waals surface area contributed by atoms with Crippen LogP contribution in [0, 0.1) is 12.8 Å². The highest BCUT2D eigenvalue weighted by Gasteiger charge is 1.96. The maximum atomic E-state index is 3.95. The van der Waals surface area contributed by atoms with Gasteiger partial charge >= 0.3 is 0 Å². The van der Waals surface area contributed by atoms with E-state index in [0.717, 1.165) is 17.9 Å². The standard InChI is InChI=1S/C9H15N3/c1-7(2)5-10-9-4-8(3)6-11-12-9/h4,6-7H,5H2,1-3H3,(H,10,12). The van der Waals surface area contributed by atoms with Crippen LogP contribution in [0.3, 0.4) is 0 Å². The highest BCUT2D eigenvalue weighted by Crippen LogP contribution is 2.03. The number of hydrogen-bond donors (Lipinski definition) is 1. The molecule has 1 heterocycles. The normalized spacial score (nSPS) is 10.3. The predicted molar refractivity (Wildman–Crippen MR) is 50.1 cm³/mol. The Hall–Kier alpha value is -1.12. The summed E-state index contributed by atoms with van der Waals surface area (Å²) >= 11 is 0. The summed E-state index contributed by atoms with van der Waals surface area (Å²) in [7, 11) is 0. The minimum atomic E-state index is 0.632. The molecule has 0 saturated carbocycles. The molecule has 0 aliphatic carbocycles. The van der Waals surface area contributed by atoms with Crippen LogP contribution >= 0.6 is 0 Å². The quantitative estimate of drug-likeness (QED) is 0.742. The molecule has 1 aromatic heterocycles. The van der Waals surface area contributed by atoms with Gasteiger partial charge in [-0.2, -0.15) is 5.10 Å². The van der Waals surface area contributed by atoms with Gasteiger partial charge in [0.25, 0.3) is 0 Å². The van der Waals surface area contributed by atoms with E-state index < -0.39 is 0 Å². The van der Waals surface area contributed by atoms with Crippen molar-refractivity contribution in [1.82, 2.24) is 10.2 Å². The molecule has 1 rings (SSSR count). The first-order chi connectivity index (χ1) is 5.68. The molecule has 0 spiro atoms. The fraction of sp³-hybridized carbons (Fsp3) is 0.556. The highest BCUT2D eigenvalue weighted by atomic mass is 15.2. The highest BCUT2D eigenvalue weighted by molar-refractivity contribution is 5.34. The average molecular weight is 165 g/mol. The van der Waals surface area contributed by atoms with E-state index in [2.05, 4.69) is 29.4 Å². The Labute approximate surface area is 73.2 Å². The van der Waals surface area contributed by atoms with Gasteiger partial charge in [-0.15, -0.1) is 5.10 Å². The first-order valence-electron chi connectivity index (χ1n) is 4.21. The number of nitrogens with zero attached hydrogens (tertiary/aromatic N) is 2. The zero-order valence-corrected chi connectivity index (χ0v) is 7.83. The smallest absolute Gasteiger partial charge is 0.148 e. The van der Waals surface area contributed by atoms with Crippen molar-refractivity contribution >= 4 is 5.82 Å². The SMILES string of the molecule is Cc1cnnc(NCC(C)C)c1. The molecule has 3 nitrogen and oxygen atoms in total. The Balaban J connectivity index is 2.52. The lowest BCUT2D eigenvalue weighted by Crippen LogP contribution is -2.09. The number of aromatic nitrogens is 2. The van der Waals surface area contributed by atoms with E-state index in [1.54, 1.807) is 6.20 Å². The molecule has 0 amide bonds. The van der Waals surface area contributed by atoms with Crippen molar-refractivity contribution in [2.24, 2.45) is 5.92 Å². The van der Waals surface area contributed by atoms with E-state index in [9.17, 15) is 0 Å². The summed E-state index contributed by atoms with van der Waals surface area (Å²) < 4.78 is 0. The van der Waals surface area contributed by atoms with Crippen LogP contribution < -0.4 is 5.32 Å².